The van der Waals surface area contributed by atoms with E-state index < -0.39 is 11.9 Å². The topological polar surface area (TPSA) is 82.6 Å². The summed E-state index contributed by atoms with van der Waals surface area (Å²) in [5.41, 5.74) is 1.80. The van der Waals surface area contributed by atoms with Crippen molar-refractivity contribution in [2.24, 2.45) is 0 Å². The number of alkyl halides is 3. The fourth-order valence-corrected chi connectivity index (χ4v) is 6.13. The molecule has 36 heavy (non-hydrogen) atoms. The number of hydrogen-bond acceptors (Lipinski definition) is 6. The van der Waals surface area contributed by atoms with Gasteiger partial charge in [-0.2, -0.15) is 13.2 Å². The van der Waals surface area contributed by atoms with Gasteiger partial charge in [0, 0.05) is 47.4 Å². The van der Waals surface area contributed by atoms with Crippen molar-refractivity contribution in [2.75, 3.05) is 18.0 Å². The third kappa shape index (κ3) is 3.45. The number of piperidine rings is 1. The highest BCUT2D eigenvalue weighted by Crippen LogP contribution is 2.44. The average molecular weight is 494 g/mol. The van der Waals surface area contributed by atoms with Gasteiger partial charge in [-0.25, -0.2) is 15.0 Å². The van der Waals surface area contributed by atoms with Gasteiger partial charge < -0.3 is 15.2 Å². The number of pyridine rings is 2. The van der Waals surface area contributed by atoms with E-state index in [4.69, 9.17) is 9.97 Å². The zero-order valence-corrected chi connectivity index (χ0v) is 19.6. The van der Waals surface area contributed by atoms with Crippen LogP contribution in [0.2, 0.25) is 0 Å². The van der Waals surface area contributed by atoms with Crippen LogP contribution in [0.5, 0.6) is 0 Å². The smallest absolute Gasteiger partial charge is 0.351 e. The first-order chi connectivity index (χ1) is 17.5. The minimum Gasteiger partial charge on any atom is -0.351 e. The van der Waals surface area contributed by atoms with E-state index in [1.807, 2.05) is 6.20 Å². The first-order valence-electron chi connectivity index (χ1n) is 12.7. The van der Waals surface area contributed by atoms with Crippen molar-refractivity contribution in [1.82, 2.24) is 30.2 Å². The molecule has 3 fully saturated rings. The predicted octanol–water partition coefficient (Wildman–Crippen LogP) is 5.19. The Kier molecular flexibility index (Phi) is 4.96. The number of aromatic amines is 1. The van der Waals surface area contributed by atoms with E-state index in [1.54, 1.807) is 12.3 Å². The van der Waals surface area contributed by atoms with Gasteiger partial charge in [0.1, 0.15) is 17.2 Å². The Hall–Kier alpha value is -3.27. The Bertz CT molecular complexity index is 1460. The number of halogens is 3. The van der Waals surface area contributed by atoms with Gasteiger partial charge in [-0.1, -0.05) is 6.42 Å². The molecule has 6 heterocycles. The molecule has 1 saturated carbocycles. The summed E-state index contributed by atoms with van der Waals surface area (Å²) in [7, 11) is 0. The van der Waals surface area contributed by atoms with Crippen molar-refractivity contribution in [3.8, 4) is 11.4 Å². The molecule has 10 heteroatoms. The molecule has 1 aliphatic carbocycles. The second kappa shape index (κ2) is 8.12. The molecule has 0 radical (unpaired) electrons. The third-order valence-electron chi connectivity index (χ3n) is 8.14. The molecule has 0 aromatic carbocycles. The highest BCUT2D eigenvalue weighted by Gasteiger charge is 2.38. The van der Waals surface area contributed by atoms with Crippen LogP contribution in [0.4, 0.5) is 19.0 Å². The lowest BCUT2D eigenvalue weighted by molar-refractivity contribution is -0.140. The SMILES string of the molecule is FC(F)(F)c1cc2c(-c3nc(N4CCC5NCCCC54)c4c(C5CCC5)cncc4n3)ccnc2[nH]1. The Morgan fingerprint density at radius 1 is 1.03 bits per heavy atom. The summed E-state index contributed by atoms with van der Waals surface area (Å²) in [4.78, 5) is 23.4. The standard InChI is InChI=1S/C26H26F3N7/c27-26(28,29)21-11-16-15(6-9-32-23(16)34-21)24-33-19-13-30-12-17(14-3-1-4-14)22(19)25(35-24)36-10-7-18-20(36)5-2-8-31-18/h6,9,11-14,18,20,31H,1-5,7-8,10H2,(H,32,34). The minimum atomic E-state index is -4.49. The zero-order valence-electron chi connectivity index (χ0n) is 19.6. The first-order valence-corrected chi connectivity index (χ1v) is 12.7. The van der Waals surface area contributed by atoms with Gasteiger partial charge in [0.2, 0.25) is 0 Å². The van der Waals surface area contributed by atoms with Crippen LogP contribution in [-0.2, 0) is 6.18 Å². The quantitative estimate of drug-likeness (QED) is 0.409. The lowest BCUT2D eigenvalue weighted by Gasteiger charge is -2.34. The van der Waals surface area contributed by atoms with E-state index in [-0.39, 0.29) is 5.65 Å². The maximum atomic E-state index is 13.4. The van der Waals surface area contributed by atoms with Crippen molar-refractivity contribution in [1.29, 1.82) is 0 Å². The monoisotopic (exact) mass is 493 g/mol. The second-order valence-corrected chi connectivity index (χ2v) is 10.2. The van der Waals surface area contributed by atoms with Gasteiger partial charge in [-0.15, -0.1) is 0 Å². The van der Waals surface area contributed by atoms with E-state index in [2.05, 4.69) is 25.2 Å². The number of rotatable bonds is 3. The number of fused-ring (bicyclic) bond motifs is 3. The Morgan fingerprint density at radius 3 is 2.72 bits per heavy atom. The van der Waals surface area contributed by atoms with Crippen molar-refractivity contribution >= 4 is 27.8 Å². The molecule has 2 N–H and O–H groups in total. The minimum absolute atomic E-state index is 0.170. The van der Waals surface area contributed by atoms with Crippen molar-refractivity contribution < 1.29 is 13.2 Å². The van der Waals surface area contributed by atoms with Crippen molar-refractivity contribution in [3.63, 3.8) is 0 Å². The van der Waals surface area contributed by atoms with Gasteiger partial charge in [0.25, 0.3) is 0 Å². The molecule has 4 aromatic rings. The summed E-state index contributed by atoms with van der Waals surface area (Å²) < 4.78 is 40.3. The summed E-state index contributed by atoms with van der Waals surface area (Å²) in [6, 6.07) is 3.56. The summed E-state index contributed by atoms with van der Waals surface area (Å²) in [5.74, 6) is 1.73. The molecule has 7 rings (SSSR count). The maximum Gasteiger partial charge on any atom is 0.431 e. The number of H-pyrrole nitrogens is 1. The van der Waals surface area contributed by atoms with Crippen LogP contribution in [0.15, 0.2) is 30.7 Å². The van der Waals surface area contributed by atoms with E-state index in [0.29, 0.717) is 34.8 Å². The van der Waals surface area contributed by atoms with Crippen LogP contribution < -0.4 is 10.2 Å². The molecule has 4 aromatic heterocycles. The van der Waals surface area contributed by atoms with Crippen LogP contribution in [-0.4, -0.2) is 50.1 Å². The van der Waals surface area contributed by atoms with Gasteiger partial charge in [-0.05, 0) is 62.3 Å². The van der Waals surface area contributed by atoms with Crippen LogP contribution in [0, 0.1) is 0 Å². The Balaban J connectivity index is 1.45. The zero-order chi connectivity index (χ0) is 24.4. The largest absolute Gasteiger partial charge is 0.431 e. The number of aromatic nitrogens is 5. The van der Waals surface area contributed by atoms with E-state index in [9.17, 15) is 13.2 Å². The molecule has 2 unspecified atom stereocenters. The van der Waals surface area contributed by atoms with E-state index in [1.165, 1.54) is 18.2 Å². The van der Waals surface area contributed by atoms with Gasteiger partial charge in [0.05, 0.1) is 11.7 Å². The summed E-state index contributed by atoms with van der Waals surface area (Å²) in [6.07, 6.45) is 7.43. The summed E-state index contributed by atoms with van der Waals surface area (Å²) in [5, 5.41) is 5.06. The van der Waals surface area contributed by atoms with Gasteiger partial charge in [-0.3, -0.25) is 4.98 Å². The molecular weight excluding hydrogens is 467 g/mol. The molecule has 186 valence electrons. The van der Waals surface area contributed by atoms with Gasteiger partial charge in [0.15, 0.2) is 5.82 Å². The maximum absolute atomic E-state index is 13.4. The van der Waals surface area contributed by atoms with Crippen LogP contribution in [0.25, 0.3) is 33.3 Å². The fourth-order valence-electron chi connectivity index (χ4n) is 6.13. The molecule has 2 atom stereocenters. The molecule has 0 bridgehead atoms. The number of hydrogen-bond donors (Lipinski definition) is 2. The highest BCUT2D eigenvalue weighted by atomic mass is 19.4. The predicted molar refractivity (Wildman–Crippen MR) is 131 cm³/mol. The lowest BCUT2D eigenvalue weighted by atomic mass is 9.79. The summed E-state index contributed by atoms with van der Waals surface area (Å²) >= 11 is 0. The number of nitrogens with one attached hydrogen (secondary N) is 2. The van der Waals surface area contributed by atoms with Crippen LogP contribution in [0.3, 0.4) is 0 Å². The number of anilines is 1. The van der Waals surface area contributed by atoms with E-state index in [0.717, 1.165) is 68.0 Å². The molecule has 0 amide bonds. The molecule has 2 saturated heterocycles. The van der Waals surface area contributed by atoms with Gasteiger partial charge >= 0.3 is 6.18 Å². The summed E-state index contributed by atoms with van der Waals surface area (Å²) in [6.45, 7) is 1.92. The Morgan fingerprint density at radius 2 is 1.92 bits per heavy atom. The lowest BCUT2D eigenvalue weighted by Crippen LogP contribution is -2.47. The van der Waals surface area contributed by atoms with E-state index >= 15 is 0 Å². The third-order valence-corrected chi connectivity index (χ3v) is 8.14. The normalized spacial score (nSPS) is 22.8. The van der Waals surface area contributed by atoms with Crippen LogP contribution in [0.1, 0.15) is 55.7 Å². The Labute approximate surface area is 205 Å². The first kappa shape index (κ1) is 22.0. The average Bonchev–Trinajstić information content (AvgIpc) is 3.47. The molecule has 7 nitrogen and oxygen atoms in total. The number of nitrogens with zero attached hydrogens (tertiary/aromatic N) is 5. The molecule has 3 aliphatic rings. The molecule has 0 spiro atoms. The van der Waals surface area contributed by atoms with Crippen LogP contribution >= 0.6 is 0 Å². The van der Waals surface area contributed by atoms with Crippen molar-refractivity contribution in [2.45, 2.75) is 62.7 Å². The molecule has 2 aliphatic heterocycles. The highest BCUT2D eigenvalue weighted by molar-refractivity contribution is 5.97. The second-order valence-electron chi connectivity index (χ2n) is 10.2. The molecular formula is C26H26F3N7. The van der Waals surface area contributed by atoms with Crippen molar-refractivity contribution in [3.05, 3.63) is 42.0 Å². The fraction of sp³-hybridized carbons (Fsp3) is 0.462.